The van der Waals surface area contributed by atoms with E-state index in [9.17, 15) is 4.79 Å². The third-order valence-corrected chi connectivity index (χ3v) is 2.95. The topological polar surface area (TPSA) is 32.3 Å². The molecule has 16 heavy (non-hydrogen) atoms. The van der Waals surface area contributed by atoms with Gasteiger partial charge in [0.2, 0.25) is 5.91 Å². The number of nitrogens with zero attached hydrogens (tertiary/aromatic N) is 1. The van der Waals surface area contributed by atoms with E-state index >= 15 is 0 Å². The van der Waals surface area contributed by atoms with Crippen molar-refractivity contribution in [2.75, 3.05) is 26.2 Å². The molecular formula is C13H24N2O. The summed E-state index contributed by atoms with van der Waals surface area (Å²) in [5.74, 6) is 0.308. The Hall–Kier alpha value is -0.830. The molecule has 1 aliphatic rings. The van der Waals surface area contributed by atoms with Gasteiger partial charge in [0.25, 0.3) is 0 Å². The van der Waals surface area contributed by atoms with Crippen LogP contribution in [-0.2, 0) is 4.79 Å². The molecule has 3 heteroatoms. The first-order valence-corrected chi connectivity index (χ1v) is 6.33. The highest BCUT2D eigenvalue weighted by Crippen LogP contribution is 2.09. The van der Waals surface area contributed by atoms with Crippen molar-refractivity contribution in [3.63, 3.8) is 0 Å². The molecule has 0 aromatic rings. The lowest BCUT2D eigenvalue weighted by Gasteiger charge is -2.26. The van der Waals surface area contributed by atoms with E-state index < -0.39 is 0 Å². The molecule has 1 heterocycles. The van der Waals surface area contributed by atoms with Crippen LogP contribution in [0.15, 0.2) is 12.2 Å². The van der Waals surface area contributed by atoms with Gasteiger partial charge in [0.1, 0.15) is 0 Å². The van der Waals surface area contributed by atoms with Crippen LogP contribution in [0.2, 0.25) is 0 Å². The maximum absolute atomic E-state index is 11.8. The fourth-order valence-electron chi connectivity index (χ4n) is 1.92. The van der Waals surface area contributed by atoms with Crippen molar-refractivity contribution in [1.82, 2.24) is 10.2 Å². The molecule has 0 radical (unpaired) electrons. The normalized spacial score (nSPS) is 16.2. The van der Waals surface area contributed by atoms with Crippen molar-refractivity contribution >= 4 is 5.91 Å². The fourth-order valence-corrected chi connectivity index (χ4v) is 1.92. The van der Waals surface area contributed by atoms with E-state index in [2.05, 4.69) is 11.9 Å². The molecule has 0 aromatic heterocycles. The predicted octanol–water partition coefficient (Wildman–Crippen LogP) is 1.94. The zero-order valence-electron chi connectivity index (χ0n) is 10.4. The highest BCUT2D eigenvalue weighted by Gasteiger charge is 2.15. The number of rotatable bonds is 6. The number of likely N-dealkylation sites (tertiary alicyclic amines) is 1. The van der Waals surface area contributed by atoms with E-state index in [1.165, 1.54) is 24.8 Å². The molecule has 1 aliphatic heterocycles. The van der Waals surface area contributed by atoms with Crippen LogP contribution in [0.1, 0.15) is 39.0 Å². The molecule has 1 saturated heterocycles. The Morgan fingerprint density at radius 3 is 2.44 bits per heavy atom. The monoisotopic (exact) mass is 224 g/mol. The fraction of sp³-hybridized carbons (Fsp3) is 0.769. The summed E-state index contributed by atoms with van der Waals surface area (Å²) in [4.78, 5) is 13.8. The lowest BCUT2D eigenvalue weighted by Crippen LogP contribution is -2.37. The van der Waals surface area contributed by atoms with Crippen LogP contribution < -0.4 is 5.32 Å². The number of hydrogen-bond donors (Lipinski definition) is 1. The molecule has 0 unspecified atom stereocenters. The zero-order valence-corrected chi connectivity index (χ0v) is 10.4. The average molecular weight is 224 g/mol. The summed E-state index contributed by atoms with van der Waals surface area (Å²) in [6, 6.07) is 0. The van der Waals surface area contributed by atoms with Crippen molar-refractivity contribution in [3.8, 4) is 0 Å². The number of carbonyl (C=O) groups excluding carboxylic acids is 1. The number of carbonyl (C=O) groups is 1. The van der Waals surface area contributed by atoms with Crippen molar-refractivity contribution < 1.29 is 4.79 Å². The number of amides is 1. The molecule has 0 bridgehead atoms. The quantitative estimate of drug-likeness (QED) is 0.552. The molecular weight excluding hydrogens is 200 g/mol. The molecule has 0 aliphatic carbocycles. The molecule has 3 nitrogen and oxygen atoms in total. The molecule has 0 atom stereocenters. The lowest BCUT2D eigenvalue weighted by atomic mass is 10.1. The maximum atomic E-state index is 11.8. The minimum absolute atomic E-state index is 0.308. The molecule has 1 N–H and O–H groups in total. The molecule has 92 valence electrons. The van der Waals surface area contributed by atoms with Crippen molar-refractivity contribution in [1.29, 1.82) is 0 Å². The van der Waals surface area contributed by atoms with Crippen LogP contribution in [0.25, 0.3) is 0 Å². The second-order valence-corrected chi connectivity index (χ2v) is 4.65. The lowest BCUT2D eigenvalue weighted by molar-refractivity contribution is -0.131. The average Bonchev–Trinajstić information content (AvgIpc) is 2.29. The summed E-state index contributed by atoms with van der Waals surface area (Å²) in [5.41, 5.74) is 1.19. The van der Waals surface area contributed by atoms with Gasteiger partial charge >= 0.3 is 0 Å². The summed E-state index contributed by atoms with van der Waals surface area (Å²) in [5, 5.41) is 3.28. The molecule has 1 rings (SSSR count). The van der Waals surface area contributed by atoms with E-state index in [0.29, 0.717) is 12.3 Å². The van der Waals surface area contributed by atoms with E-state index in [1.807, 2.05) is 11.8 Å². The Bertz CT molecular complexity index is 232. The van der Waals surface area contributed by atoms with Gasteiger partial charge in [-0.05, 0) is 39.2 Å². The van der Waals surface area contributed by atoms with Crippen LogP contribution in [0, 0.1) is 0 Å². The first kappa shape index (κ1) is 13.2. The Balaban J connectivity index is 2.03. The Morgan fingerprint density at radius 2 is 1.81 bits per heavy atom. The molecule has 1 fully saturated rings. The second-order valence-electron chi connectivity index (χ2n) is 4.65. The first-order valence-electron chi connectivity index (χ1n) is 6.33. The van der Waals surface area contributed by atoms with Gasteiger partial charge in [-0.1, -0.05) is 5.57 Å². The van der Waals surface area contributed by atoms with E-state index in [0.717, 1.165) is 32.6 Å². The van der Waals surface area contributed by atoms with E-state index in [1.54, 1.807) is 0 Å². The predicted molar refractivity (Wildman–Crippen MR) is 67.3 cm³/mol. The smallest absolute Gasteiger partial charge is 0.223 e. The molecule has 0 aromatic carbocycles. The molecule has 0 saturated carbocycles. The highest BCUT2D eigenvalue weighted by molar-refractivity contribution is 5.76. The molecule has 1 amide bonds. The summed E-state index contributed by atoms with van der Waals surface area (Å²) >= 11 is 0. The number of hydrogen-bond acceptors (Lipinski definition) is 2. The van der Waals surface area contributed by atoms with Crippen LogP contribution >= 0.6 is 0 Å². The number of nitrogens with one attached hydrogen (secondary N) is 1. The summed E-state index contributed by atoms with van der Waals surface area (Å²) in [6.07, 6.45) is 5.26. The Morgan fingerprint density at radius 1 is 1.19 bits per heavy atom. The molecule has 0 spiro atoms. The first-order chi connectivity index (χ1) is 7.70. The standard InChI is InChI=1S/C13H24N2O/c1-12(2)6-8-14-9-7-13(16)15-10-4-3-5-11-15/h14H,1,3-11H2,2H3. The van der Waals surface area contributed by atoms with Crippen LogP contribution in [0.4, 0.5) is 0 Å². The second kappa shape index (κ2) is 7.44. The van der Waals surface area contributed by atoms with Crippen LogP contribution in [0.5, 0.6) is 0 Å². The Labute approximate surface area is 98.9 Å². The SMILES string of the molecule is C=C(C)CCNCCC(=O)N1CCCCC1. The maximum Gasteiger partial charge on any atom is 0.223 e. The summed E-state index contributed by atoms with van der Waals surface area (Å²) in [6.45, 7) is 9.53. The van der Waals surface area contributed by atoms with Crippen molar-refractivity contribution in [2.24, 2.45) is 0 Å². The third kappa shape index (κ3) is 5.31. The van der Waals surface area contributed by atoms with Gasteiger partial charge in [0.15, 0.2) is 0 Å². The van der Waals surface area contributed by atoms with E-state index in [4.69, 9.17) is 0 Å². The van der Waals surface area contributed by atoms with Gasteiger partial charge in [0.05, 0.1) is 0 Å². The van der Waals surface area contributed by atoms with Crippen LogP contribution in [-0.4, -0.2) is 37.0 Å². The van der Waals surface area contributed by atoms with E-state index in [-0.39, 0.29) is 0 Å². The largest absolute Gasteiger partial charge is 0.343 e. The number of piperidine rings is 1. The zero-order chi connectivity index (χ0) is 11.8. The Kier molecular flexibility index (Phi) is 6.16. The summed E-state index contributed by atoms with van der Waals surface area (Å²) < 4.78 is 0. The van der Waals surface area contributed by atoms with Crippen molar-refractivity contribution in [3.05, 3.63) is 12.2 Å². The van der Waals surface area contributed by atoms with Gasteiger partial charge < -0.3 is 10.2 Å². The van der Waals surface area contributed by atoms with Gasteiger partial charge in [-0.15, -0.1) is 6.58 Å². The minimum Gasteiger partial charge on any atom is -0.343 e. The van der Waals surface area contributed by atoms with Gasteiger partial charge in [-0.2, -0.15) is 0 Å². The highest BCUT2D eigenvalue weighted by atomic mass is 16.2. The van der Waals surface area contributed by atoms with Gasteiger partial charge in [-0.25, -0.2) is 0 Å². The van der Waals surface area contributed by atoms with Gasteiger partial charge in [-0.3, -0.25) is 4.79 Å². The van der Waals surface area contributed by atoms with Crippen molar-refractivity contribution in [2.45, 2.75) is 39.0 Å². The van der Waals surface area contributed by atoms with Crippen LogP contribution in [0.3, 0.4) is 0 Å². The minimum atomic E-state index is 0.308. The summed E-state index contributed by atoms with van der Waals surface area (Å²) in [7, 11) is 0. The third-order valence-electron chi connectivity index (χ3n) is 2.95. The van der Waals surface area contributed by atoms with Gasteiger partial charge in [0, 0.05) is 26.1 Å².